The lowest BCUT2D eigenvalue weighted by Gasteiger charge is -2.26. The van der Waals surface area contributed by atoms with Crippen LogP contribution in [0.5, 0.6) is 5.75 Å². The van der Waals surface area contributed by atoms with E-state index < -0.39 is 0 Å². The highest BCUT2D eigenvalue weighted by molar-refractivity contribution is 9.10. The third kappa shape index (κ3) is 4.34. The minimum Gasteiger partial charge on any atom is -0.496 e. The first kappa shape index (κ1) is 18.3. The number of halogens is 2. The summed E-state index contributed by atoms with van der Waals surface area (Å²) in [4.78, 5) is 14.3. The lowest BCUT2D eigenvalue weighted by Crippen LogP contribution is -2.31. The SMILES string of the molecule is COc1ccc(Br)cc1C1CCCN1C(=O)CCCN.Cl. The van der Waals surface area contributed by atoms with Gasteiger partial charge in [0.1, 0.15) is 5.75 Å². The molecule has 2 N–H and O–H groups in total. The minimum absolute atomic E-state index is 0. The van der Waals surface area contributed by atoms with E-state index in [9.17, 15) is 4.79 Å². The minimum atomic E-state index is 0. The van der Waals surface area contributed by atoms with Gasteiger partial charge >= 0.3 is 0 Å². The maximum absolute atomic E-state index is 12.3. The molecule has 2 rings (SSSR count). The molecule has 1 atom stereocenters. The predicted molar refractivity (Wildman–Crippen MR) is 89.9 cm³/mol. The summed E-state index contributed by atoms with van der Waals surface area (Å²) in [6, 6.07) is 6.07. The molecular weight excluding hydrogens is 356 g/mol. The molecule has 4 nitrogen and oxygen atoms in total. The van der Waals surface area contributed by atoms with Crippen molar-refractivity contribution >= 4 is 34.2 Å². The number of benzene rings is 1. The molecule has 1 aromatic carbocycles. The van der Waals surface area contributed by atoms with Crippen LogP contribution in [0.4, 0.5) is 0 Å². The van der Waals surface area contributed by atoms with Gasteiger partial charge in [0.15, 0.2) is 0 Å². The van der Waals surface area contributed by atoms with Crippen LogP contribution in [-0.4, -0.2) is 31.0 Å². The summed E-state index contributed by atoms with van der Waals surface area (Å²) in [5.41, 5.74) is 6.57. The molecule has 0 spiro atoms. The molecule has 0 saturated carbocycles. The summed E-state index contributed by atoms with van der Waals surface area (Å²) in [6.45, 7) is 1.38. The van der Waals surface area contributed by atoms with Crippen molar-refractivity contribution in [2.24, 2.45) is 5.73 Å². The molecule has 1 aliphatic heterocycles. The molecule has 21 heavy (non-hydrogen) atoms. The molecule has 1 aromatic rings. The third-order valence-electron chi connectivity index (χ3n) is 3.72. The largest absolute Gasteiger partial charge is 0.496 e. The number of nitrogens with two attached hydrogens (primary N) is 1. The van der Waals surface area contributed by atoms with Gasteiger partial charge in [0.05, 0.1) is 13.2 Å². The van der Waals surface area contributed by atoms with Crippen molar-refractivity contribution in [1.82, 2.24) is 4.90 Å². The number of hydrogen-bond acceptors (Lipinski definition) is 3. The quantitative estimate of drug-likeness (QED) is 0.856. The van der Waals surface area contributed by atoms with Crippen LogP contribution >= 0.6 is 28.3 Å². The van der Waals surface area contributed by atoms with Crippen LogP contribution in [0.3, 0.4) is 0 Å². The van der Waals surface area contributed by atoms with Crippen molar-refractivity contribution in [3.63, 3.8) is 0 Å². The number of rotatable bonds is 5. The van der Waals surface area contributed by atoms with E-state index in [1.54, 1.807) is 7.11 Å². The van der Waals surface area contributed by atoms with Gasteiger partial charge in [-0.05, 0) is 44.0 Å². The number of amides is 1. The molecular formula is C15H22BrClN2O2. The molecule has 0 bridgehead atoms. The van der Waals surface area contributed by atoms with Crippen LogP contribution in [0.2, 0.25) is 0 Å². The number of ether oxygens (including phenoxy) is 1. The monoisotopic (exact) mass is 376 g/mol. The summed E-state index contributed by atoms with van der Waals surface area (Å²) in [7, 11) is 1.67. The van der Waals surface area contributed by atoms with Crippen LogP contribution in [0.15, 0.2) is 22.7 Å². The molecule has 1 aliphatic rings. The number of carbonyl (C=O) groups excluding carboxylic acids is 1. The maximum atomic E-state index is 12.3. The van der Waals surface area contributed by atoms with Gasteiger partial charge < -0.3 is 15.4 Å². The maximum Gasteiger partial charge on any atom is 0.223 e. The number of methoxy groups -OCH3 is 1. The Morgan fingerprint density at radius 2 is 2.29 bits per heavy atom. The average Bonchev–Trinajstić information content (AvgIpc) is 2.94. The fourth-order valence-electron chi connectivity index (χ4n) is 2.75. The average molecular weight is 378 g/mol. The topological polar surface area (TPSA) is 55.6 Å². The van der Waals surface area contributed by atoms with Crippen molar-refractivity contribution in [1.29, 1.82) is 0 Å². The van der Waals surface area contributed by atoms with Crippen molar-refractivity contribution in [3.8, 4) is 5.75 Å². The van der Waals surface area contributed by atoms with Crippen LogP contribution in [-0.2, 0) is 4.79 Å². The van der Waals surface area contributed by atoms with E-state index in [-0.39, 0.29) is 24.4 Å². The lowest BCUT2D eigenvalue weighted by molar-refractivity contribution is -0.132. The molecule has 1 unspecified atom stereocenters. The lowest BCUT2D eigenvalue weighted by atomic mass is 10.0. The zero-order chi connectivity index (χ0) is 14.5. The van der Waals surface area contributed by atoms with Crippen molar-refractivity contribution in [2.75, 3.05) is 20.2 Å². The highest BCUT2D eigenvalue weighted by Crippen LogP contribution is 2.38. The van der Waals surface area contributed by atoms with E-state index in [0.29, 0.717) is 13.0 Å². The Morgan fingerprint density at radius 3 is 2.95 bits per heavy atom. The van der Waals surface area contributed by atoms with Gasteiger partial charge in [-0.1, -0.05) is 15.9 Å². The van der Waals surface area contributed by atoms with E-state index >= 15 is 0 Å². The zero-order valence-electron chi connectivity index (χ0n) is 12.2. The van der Waals surface area contributed by atoms with Gasteiger partial charge in [-0.2, -0.15) is 0 Å². The molecule has 1 amide bonds. The Kier molecular flexibility index (Phi) is 7.49. The molecule has 0 radical (unpaired) electrons. The highest BCUT2D eigenvalue weighted by Gasteiger charge is 2.31. The van der Waals surface area contributed by atoms with Gasteiger partial charge in [0.25, 0.3) is 0 Å². The Bertz CT molecular complexity index is 485. The van der Waals surface area contributed by atoms with Crippen molar-refractivity contribution in [3.05, 3.63) is 28.2 Å². The van der Waals surface area contributed by atoms with Gasteiger partial charge in [-0.3, -0.25) is 4.79 Å². The standard InChI is InChI=1S/C15H21BrN2O2.ClH/c1-20-14-7-6-11(16)10-12(14)13-4-3-9-18(13)15(19)5-2-8-17;/h6-7,10,13H,2-5,8-9,17H2,1H3;1H. The zero-order valence-corrected chi connectivity index (χ0v) is 14.6. The summed E-state index contributed by atoms with van der Waals surface area (Å²) < 4.78 is 6.45. The molecule has 118 valence electrons. The van der Waals surface area contributed by atoms with E-state index in [1.807, 2.05) is 17.0 Å². The number of nitrogens with zero attached hydrogens (tertiary/aromatic N) is 1. The van der Waals surface area contributed by atoms with Crippen LogP contribution in [0.1, 0.15) is 37.3 Å². The number of carbonyl (C=O) groups is 1. The smallest absolute Gasteiger partial charge is 0.223 e. The van der Waals surface area contributed by atoms with E-state index in [0.717, 1.165) is 41.6 Å². The second-order valence-corrected chi connectivity index (χ2v) is 5.94. The Labute approximate surface area is 140 Å². The predicted octanol–water partition coefficient (Wildman–Crippen LogP) is 3.28. The normalized spacial score (nSPS) is 17.5. The first-order valence-corrected chi connectivity index (χ1v) is 7.79. The van der Waals surface area contributed by atoms with Crippen molar-refractivity contribution < 1.29 is 9.53 Å². The Morgan fingerprint density at radius 1 is 1.52 bits per heavy atom. The van der Waals surface area contributed by atoms with E-state index in [4.69, 9.17) is 10.5 Å². The molecule has 1 fully saturated rings. The Hall–Kier alpha value is -0.780. The van der Waals surface area contributed by atoms with E-state index in [2.05, 4.69) is 22.0 Å². The highest BCUT2D eigenvalue weighted by atomic mass is 79.9. The van der Waals surface area contributed by atoms with Gasteiger partial charge in [-0.15, -0.1) is 12.4 Å². The summed E-state index contributed by atoms with van der Waals surface area (Å²) in [5.74, 6) is 1.04. The first-order chi connectivity index (χ1) is 9.67. The van der Waals surface area contributed by atoms with Crippen molar-refractivity contribution in [2.45, 2.75) is 31.7 Å². The van der Waals surface area contributed by atoms with Gasteiger partial charge in [-0.25, -0.2) is 0 Å². The second kappa shape index (κ2) is 8.61. The molecule has 0 aromatic heterocycles. The number of likely N-dealkylation sites (tertiary alicyclic amines) is 1. The second-order valence-electron chi connectivity index (χ2n) is 5.02. The fourth-order valence-corrected chi connectivity index (χ4v) is 3.13. The first-order valence-electron chi connectivity index (χ1n) is 7.00. The van der Waals surface area contributed by atoms with E-state index in [1.165, 1.54) is 0 Å². The summed E-state index contributed by atoms with van der Waals surface area (Å²) in [6.07, 6.45) is 3.30. The van der Waals surface area contributed by atoms with Gasteiger partial charge in [0.2, 0.25) is 5.91 Å². The number of hydrogen-bond donors (Lipinski definition) is 1. The summed E-state index contributed by atoms with van der Waals surface area (Å²) in [5, 5.41) is 0. The molecule has 1 heterocycles. The van der Waals surface area contributed by atoms with Crippen LogP contribution < -0.4 is 10.5 Å². The van der Waals surface area contributed by atoms with Crippen LogP contribution in [0, 0.1) is 0 Å². The fraction of sp³-hybridized carbons (Fsp3) is 0.533. The molecule has 6 heteroatoms. The summed E-state index contributed by atoms with van der Waals surface area (Å²) >= 11 is 3.50. The van der Waals surface area contributed by atoms with Gasteiger partial charge in [0, 0.05) is 23.0 Å². The molecule has 0 aliphatic carbocycles. The molecule has 1 saturated heterocycles. The van der Waals surface area contributed by atoms with Crippen LogP contribution in [0.25, 0.3) is 0 Å². The third-order valence-corrected chi connectivity index (χ3v) is 4.21. The Balaban J connectivity index is 0.00000220.